The highest BCUT2D eigenvalue weighted by Crippen LogP contribution is 2.38. The first-order valence-corrected chi connectivity index (χ1v) is 4.84. The van der Waals surface area contributed by atoms with E-state index in [1.54, 1.807) is 0 Å². The molecule has 0 aromatic heterocycles. The van der Waals surface area contributed by atoms with Gasteiger partial charge < -0.3 is 5.32 Å². The van der Waals surface area contributed by atoms with Gasteiger partial charge in [-0.1, -0.05) is 29.3 Å². The number of fused-ring (bicyclic) bond motifs is 1. The molecule has 0 radical (unpaired) electrons. The van der Waals surface area contributed by atoms with Gasteiger partial charge in [0.2, 0.25) is 0 Å². The molecule has 0 fully saturated rings. The molecule has 0 saturated carbocycles. The van der Waals surface area contributed by atoms with Crippen LogP contribution in [0.5, 0.6) is 0 Å². The maximum atomic E-state index is 13.3. The highest BCUT2D eigenvalue weighted by atomic mass is 35.5. The van der Waals surface area contributed by atoms with E-state index < -0.39 is 5.92 Å². The van der Waals surface area contributed by atoms with Crippen LogP contribution >= 0.6 is 23.2 Å². The fourth-order valence-corrected chi connectivity index (χ4v) is 1.96. The molecule has 1 aliphatic heterocycles. The van der Waals surface area contributed by atoms with Crippen molar-refractivity contribution in [3.8, 4) is 0 Å². The molecule has 0 atom stereocenters. The van der Waals surface area contributed by atoms with Crippen LogP contribution in [0.4, 0.5) is 8.78 Å². The lowest BCUT2D eigenvalue weighted by atomic mass is 9.98. The summed E-state index contributed by atoms with van der Waals surface area (Å²) in [5.41, 5.74) is 0.376. The van der Waals surface area contributed by atoms with E-state index in [1.807, 2.05) is 0 Å². The Morgan fingerprint density at radius 3 is 2.71 bits per heavy atom. The molecule has 1 aliphatic rings. The van der Waals surface area contributed by atoms with Crippen molar-refractivity contribution in [1.82, 2.24) is 5.32 Å². The summed E-state index contributed by atoms with van der Waals surface area (Å²) in [6.45, 7) is -0.0116. The fraction of sp³-hybridized carbons (Fsp3) is 0.333. The Bertz CT molecular complexity index is 379. The molecular formula is C9H7Cl2F2N. The molecule has 0 aliphatic carbocycles. The number of halogens is 4. The van der Waals surface area contributed by atoms with Gasteiger partial charge in [-0.3, -0.25) is 0 Å². The lowest BCUT2D eigenvalue weighted by Crippen LogP contribution is -2.36. The first-order valence-electron chi connectivity index (χ1n) is 4.08. The third kappa shape index (κ3) is 1.49. The van der Waals surface area contributed by atoms with Crippen LogP contribution in [0.2, 0.25) is 10.0 Å². The van der Waals surface area contributed by atoms with Gasteiger partial charge in [-0.2, -0.15) is 8.78 Å². The molecule has 14 heavy (non-hydrogen) atoms. The van der Waals surface area contributed by atoms with Gasteiger partial charge in [0, 0.05) is 12.1 Å². The number of benzene rings is 1. The molecular weight excluding hydrogens is 231 g/mol. The number of rotatable bonds is 0. The third-order valence-corrected chi connectivity index (χ3v) is 3.08. The monoisotopic (exact) mass is 237 g/mol. The molecule has 0 saturated heterocycles. The van der Waals surface area contributed by atoms with Crippen molar-refractivity contribution in [3.05, 3.63) is 33.3 Å². The van der Waals surface area contributed by atoms with E-state index in [-0.39, 0.29) is 17.1 Å². The van der Waals surface area contributed by atoms with E-state index in [0.29, 0.717) is 17.1 Å². The highest BCUT2D eigenvalue weighted by molar-refractivity contribution is 6.42. The Kier molecular flexibility index (Phi) is 2.41. The average molecular weight is 238 g/mol. The van der Waals surface area contributed by atoms with Crippen LogP contribution in [-0.2, 0) is 12.5 Å². The van der Waals surface area contributed by atoms with Gasteiger partial charge in [0.25, 0.3) is 5.92 Å². The van der Waals surface area contributed by atoms with Gasteiger partial charge in [-0.05, 0) is 11.6 Å². The second kappa shape index (κ2) is 3.33. The summed E-state index contributed by atoms with van der Waals surface area (Å²) < 4.78 is 26.7. The van der Waals surface area contributed by atoms with E-state index in [2.05, 4.69) is 5.32 Å². The van der Waals surface area contributed by atoms with Crippen LogP contribution in [0.25, 0.3) is 0 Å². The molecule has 2 rings (SSSR count). The molecule has 1 heterocycles. The Morgan fingerprint density at radius 2 is 2.00 bits per heavy atom. The summed E-state index contributed by atoms with van der Waals surface area (Å²) in [6, 6.07) is 2.74. The number of hydrogen-bond acceptors (Lipinski definition) is 1. The molecule has 5 heteroatoms. The van der Waals surface area contributed by atoms with Crippen LogP contribution in [0.15, 0.2) is 12.1 Å². The zero-order chi connectivity index (χ0) is 10.3. The third-order valence-electron chi connectivity index (χ3n) is 2.24. The van der Waals surface area contributed by atoms with E-state index in [9.17, 15) is 8.78 Å². The SMILES string of the molecule is FC1(F)CNCc2c1ccc(Cl)c2Cl. The summed E-state index contributed by atoms with van der Waals surface area (Å²) in [6.07, 6.45) is 0. The van der Waals surface area contributed by atoms with Crippen LogP contribution < -0.4 is 5.32 Å². The summed E-state index contributed by atoms with van der Waals surface area (Å²) in [5.74, 6) is -2.86. The molecule has 0 spiro atoms. The standard InChI is InChI=1S/C9H7Cl2F2N/c10-7-2-1-6-5(8(7)11)3-14-4-9(6,12)13/h1-2,14H,3-4H2. The van der Waals surface area contributed by atoms with E-state index in [4.69, 9.17) is 23.2 Å². The maximum absolute atomic E-state index is 13.3. The van der Waals surface area contributed by atoms with Crippen LogP contribution in [-0.4, -0.2) is 6.54 Å². The van der Waals surface area contributed by atoms with Crippen LogP contribution in [0.1, 0.15) is 11.1 Å². The number of alkyl halides is 2. The Labute approximate surface area is 90.0 Å². The van der Waals surface area contributed by atoms with E-state index in [0.717, 1.165) is 0 Å². The highest BCUT2D eigenvalue weighted by Gasteiger charge is 2.37. The van der Waals surface area contributed by atoms with Crippen molar-refractivity contribution >= 4 is 23.2 Å². The zero-order valence-electron chi connectivity index (χ0n) is 7.08. The lowest BCUT2D eigenvalue weighted by Gasteiger charge is -2.26. The van der Waals surface area contributed by atoms with Gasteiger partial charge in [0.15, 0.2) is 0 Å². The molecule has 0 unspecified atom stereocenters. The minimum absolute atomic E-state index is 0.0225. The predicted octanol–water partition coefficient (Wildman–Crippen LogP) is 3.19. The zero-order valence-corrected chi connectivity index (χ0v) is 8.59. The molecule has 0 bridgehead atoms. The second-order valence-electron chi connectivity index (χ2n) is 3.20. The molecule has 1 aromatic carbocycles. The Morgan fingerprint density at radius 1 is 1.29 bits per heavy atom. The molecule has 1 N–H and O–H groups in total. The maximum Gasteiger partial charge on any atom is 0.285 e. The molecule has 1 aromatic rings. The van der Waals surface area contributed by atoms with Crippen molar-refractivity contribution in [1.29, 1.82) is 0 Å². The first kappa shape index (κ1) is 10.1. The van der Waals surface area contributed by atoms with Gasteiger partial charge in [-0.15, -0.1) is 0 Å². The number of hydrogen-bond donors (Lipinski definition) is 1. The summed E-state index contributed by atoms with van der Waals surface area (Å²) in [4.78, 5) is 0. The van der Waals surface area contributed by atoms with E-state index >= 15 is 0 Å². The average Bonchev–Trinajstić information content (AvgIpc) is 2.11. The van der Waals surface area contributed by atoms with E-state index in [1.165, 1.54) is 12.1 Å². The van der Waals surface area contributed by atoms with Crippen molar-refractivity contribution in [2.45, 2.75) is 12.5 Å². The first-order chi connectivity index (χ1) is 6.52. The largest absolute Gasteiger partial charge is 0.307 e. The normalized spacial score (nSPS) is 19.1. The Balaban J connectivity index is 2.62. The smallest absolute Gasteiger partial charge is 0.285 e. The second-order valence-corrected chi connectivity index (χ2v) is 3.98. The quantitative estimate of drug-likeness (QED) is 0.731. The number of nitrogens with one attached hydrogen (secondary N) is 1. The topological polar surface area (TPSA) is 12.0 Å². The fourth-order valence-electron chi connectivity index (χ4n) is 1.55. The van der Waals surface area contributed by atoms with Gasteiger partial charge in [0.1, 0.15) is 0 Å². The van der Waals surface area contributed by atoms with Crippen molar-refractivity contribution < 1.29 is 8.78 Å². The minimum atomic E-state index is -2.86. The molecule has 0 amide bonds. The predicted molar refractivity (Wildman–Crippen MR) is 52.1 cm³/mol. The van der Waals surface area contributed by atoms with Crippen molar-refractivity contribution in [3.63, 3.8) is 0 Å². The van der Waals surface area contributed by atoms with Crippen LogP contribution in [0, 0.1) is 0 Å². The summed E-state index contributed by atoms with van der Waals surface area (Å²) in [7, 11) is 0. The Hall–Kier alpha value is -0.380. The van der Waals surface area contributed by atoms with Crippen molar-refractivity contribution in [2.24, 2.45) is 0 Å². The molecule has 76 valence electrons. The van der Waals surface area contributed by atoms with Gasteiger partial charge >= 0.3 is 0 Å². The van der Waals surface area contributed by atoms with Gasteiger partial charge in [-0.25, -0.2) is 0 Å². The van der Waals surface area contributed by atoms with Crippen molar-refractivity contribution in [2.75, 3.05) is 6.54 Å². The molecule has 1 nitrogen and oxygen atoms in total. The summed E-state index contributed by atoms with van der Waals surface area (Å²) >= 11 is 11.6. The minimum Gasteiger partial charge on any atom is -0.307 e. The lowest BCUT2D eigenvalue weighted by molar-refractivity contribution is -0.0107. The van der Waals surface area contributed by atoms with Gasteiger partial charge in [0.05, 0.1) is 16.6 Å². The summed E-state index contributed by atoms with van der Waals surface area (Å²) in [5, 5.41) is 3.13. The van der Waals surface area contributed by atoms with Crippen LogP contribution in [0.3, 0.4) is 0 Å².